The highest BCUT2D eigenvalue weighted by atomic mass is 16.5. The van der Waals surface area contributed by atoms with E-state index >= 15 is 0 Å². The maximum atomic E-state index is 13.0. The SMILES string of the molecule is CCCN(CC(=O)O)C(=O)C(C)(CC)CNC(=O)OCC1c2ccccc2-c2ccccc21. The molecule has 0 saturated heterocycles. The number of ether oxygens (including phenoxy) is 1. The van der Waals surface area contributed by atoms with Gasteiger partial charge in [-0.1, -0.05) is 62.4 Å². The fraction of sp³-hybridized carbons (Fsp3) is 0.423. The van der Waals surface area contributed by atoms with Gasteiger partial charge in [0.05, 0.1) is 5.41 Å². The zero-order chi connectivity index (χ0) is 24.0. The molecular weight excluding hydrogens is 420 g/mol. The van der Waals surface area contributed by atoms with E-state index in [2.05, 4.69) is 29.6 Å². The van der Waals surface area contributed by atoms with Crippen LogP contribution in [-0.4, -0.2) is 54.2 Å². The number of aliphatic carboxylic acids is 1. The third kappa shape index (κ3) is 5.35. The van der Waals surface area contributed by atoms with Crippen molar-refractivity contribution in [2.24, 2.45) is 5.41 Å². The topological polar surface area (TPSA) is 95.9 Å². The quantitative estimate of drug-likeness (QED) is 0.561. The highest BCUT2D eigenvalue weighted by Gasteiger charge is 2.36. The Kier molecular flexibility index (Phi) is 7.74. The first-order chi connectivity index (χ1) is 15.8. The number of carbonyl (C=O) groups excluding carboxylic acids is 2. The minimum atomic E-state index is -1.06. The summed E-state index contributed by atoms with van der Waals surface area (Å²) in [4.78, 5) is 38.1. The third-order valence-corrected chi connectivity index (χ3v) is 6.37. The van der Waals surface area contributed by atoms with Gasteiger partial charge in [0.25, 0.3) is 0 Å². The first-order valence-electron chi connectivity index (χ1n) is 11.4. The average molecular weight is 453 g/mol. The van der Waals surface area contributed by atoms with Crippen molar-refractivity contribution in [3.8, 4) is 11.1 Å². The molecule has 2 aromatic rings. The third-order valence-electron chi connectivity index (χ3n) is 6.37. The lowest BCUT2D eigenvalue weighted by atomic mass is 9.85. The Balaban J connectivity index is 1.63. The largest absolute Gasteiger partial charge is 0.480 e. The molecule has 176 valence electrons. The zero-order valence-corrected chi connectivity index (χ0v) is 19.5. The fourth-order valence-electron chi connectivity index (χ4n) is 4.34. The van der Waals surface area contributed by atoms with Crippen LogP contribution in [0, 0.1) is 5.41 Å². The first-order valence-corrected chi connectivity index (χ1v) is 11.4. The molecule has 0 radical (unpaired) electrons. The predicted molar refractivity (Wildman–Crippen MR) is 126 cm³/mol. The van der Waals surface area contributed by atoms with Crippen molar-refractivity contribution in [3.05, 3.63) is 59.7 Å². The summed E-state index contributed by atoms with van der Waals surface area (Å²) in [7, 11) is 0. The van der Waals surface area contributed by atoms with E-state index in [0.717, 1.165) is 22.3 Å². The molecule has 0 fully saturated rings. The number of benzene rings is 2. The van der Waals surface area contributed by atoms with Gasteiger partial charge in [-0.05, 0) is 42.0 Å². The van der Waals surface area contributed by atoms with Gasteiger partial charge in [0.1, 0.15) is 13.2 Å². The number of rotatable bonds is 10. The van der Waals surface area contributed by atoms with Crippen LogP contribution in [0.4, 0.5) is 4.79 Å². The lowest BCUT2D eigenvalue weighted by molar-refractivity contribution is -0.149. The van der Waals surface area contributed by atoms with E-state index in [1.807, 2.05) is 38.1 Å². The Morgan fingerprint density at radius 2 is 1.61 bits per heavy atom. The van der Waals surface area contributed by atoms with Crippen molar-refractivity contribution < 1.29 is 24.2 Å². The molecule has 3 rings (SSSR count). The molecule has 0 spiro atoms. The van der Waals surface area contributed by atoms with Crippen molar-refractivity contribution in [2.75, 3.05) is 26.2 Å². The van der Waals surface area contributed by atoms with Crippen LogP contribution in [0.5, 0.6) is 0 Å². The van der Waals surface area contributed by atoms with Crippen molar-refractivity contribution in [1.82, 2.24) is 10.2 Å². The standard InChI is InChI=1S/C26H32N2O5/c1-4-14-28(15-23(29)30)24(31)26(3,5-2)17-27-25(32)33-16-22-20-12-8-6-10-18(20)19-11-7-9-13-21(19)22/h6-13,22H,4-5,14-17H2,1-3H3,(H,27,32)(H,29,30). The summed E-state index contributed by atoms with van der Waals surface area (Å²) in [6, 6.07) is 16.2. The number of alkyl carbamates (subject to hydrolysis) is 1. The average Bonchev–Trinajstić information content (AvgIpc) is 3.14. The molecule has 2 amide bonds. The molecule has 0 aromatic heterocycles. The van der Waals surface area contributed by atoms with E-state index < -0.39 is 17.5 Å². The molecular formula is C26H32N2O5. The molecule has 0 bridgehead atoms. The van der Waals surface area contributed by atoms with Gasteiger partial charge in [-0.25, -0.2) is 4.79 Å². The van der Waals surface area contributed by atoms with Gasteiger partial charge >= 0.3 is 12.1 Å². The second-order valence-corrected chi connectivity index (χ2v) is 8.71. The van der Waals surface area contributed by atoms with Gasteiger partial charge in [-0.2, -0.15) is 0 Å². The maximum Gasteiger partial charge on any atom is 0.407 e. The van der Waals surface area contributed by atoms with Gasteiger partial charge in [0, 0.05) is 19.0 Å². The molecule has 33 heavy (non-hydrogen) atoms. The number of hydrogen-bond donors (Lipinski definition) is 2. The molecule has 1 atom stereocenters. The molecule has 7 heteroatoms. The highest BCUT2D eigenvalue weighted by Crippen LogP contribution is 2.44. The van der Waals surface area contributed by atoms with Gasteiger partial charge in [0.15, 0.2) is 0 Å². The normalized spacial score (nSPS) is 14.0. The van der Waals surface area contributed by atoms with Crippen LogP contribution in [0.15, 0.2) is 48.5 Å². The molecule has 0 aliphatic heterocycles. The monoisotopic (exact) mass is 452 g/mol. The van der Waals surface area contributed by atoms with E-state index in [0.29, 0.717) is 19.4 Å². The summed E-state index contributed by atoms with van der Waals surface area (Å²) in [5.41, 5.74) is 3.64. The Morgan fingerprint density at radius 1 is 1.03 bits per heavy atom. The van der Waals surface area contributed by atoms with Crippen LogP contribution < -0.4 is 5.32 Å². The van der Waals surface area contributed by atoms with Crippen LogP contribution in [0.25, 0.3) is 11.1 Å². The molecule has 7 nitrogen and oxygen atoms in total. The van der Waals surface area contributed by atoms with Gasteiger partial charge in [0.2, 0.25) is 5.91 Å². The summed E-state index contributed by atoms with van der Waals surface area (Å²) >= 11 is 0. The minimum Gasteiger partial charge on any atom is -0.480 e. The van der Waals surface area contributed by atoms with Crippen molar-refractivity contribution in [1.29, 1.82) is 0 Å². The van der Waals surface area contributed by atoms with E-state index in [9.17, 15) is 14.4 Å². The molecule has 2 N–H and O–H groups in total. The van der Waals surface area contributed by atoms with E-state index in [-0.39, 0.29) is 31.5 Å². The molecule has 1 aliphatic rings. The van der Waals surface area contributed by atoms with E-state index in [4.69, 9.17) is 9.84 Å². The van der Waals surface area contributed by atoms with Crippen molar-refractivity contribution in [3.63, 3.8) is 0 Å². The number of hydrogen-bond acceptors (Lipinski definition) is 4. The Morgan fingerprint density at radius 3 is 2.12 bits per heavy atom. The summed E-state index contributed by atoms with van der Waals surface area (Å²) < 4.78 is 5.56. The number of carboxylic acids is 1. The molecule has 2 aromatic carbocycles. The van der Waals surface area contributed by atoms with Crippen LogP contribution in [-0.2, 0) is 14.3 Å². The van der Waals surface area contributed by atoms with E-state index in [1.54, 1.807) is 6.92 Å². The molecule has 0 heterocycles. The smallest absolute Gasteiger partial charge is 0.407 e. The lowest BCUT2D eigenvalue weighted by Crippen LogP contribution is -2.50. The van der Waals surface area contributed by atoms with Crippen LogP contribution in [0.3, 0.4) is 0 Å². The predicted octanol–water partition coefficient (Wildman–Crippen LogP) is 4.26. The Labute approximate surface area is 194 Å². The first kappa shape index (κ1) is 24.3. The summed E-state index contributed by atoms with van der Waals surface area (Å²) in [6.45, 7) is 5.74. The van der Waals surface area contributed by atoms with Crippen LogP contribution >= 0.6 is 0 Å². The van der Waals surface area contributed by atoms with Crippen molar-refractivity contribution in [2.45, 2.75) is 39.5 Å². The van der Waals surface area contributed by atoms with Crippen LogP contribution in [0.1, 0.15) is 50.7 Å². The number of amides is 2. The summed E-state index contributed by atoms with van der Waals surface area (Å²) in [5, 5.41) is 11.9. The summed E-state index contributed by atoms with van der Waals surface area (Å²) in [5.74, 6) is -1.38. The number of carboxylic acid groups (broad SMARTS) is 1. The number of nitrogens with one attached hydrogen (secondary N) is 1. The number of carbonyl (C=O) groups is 3. The van der Waals surface area contributed by atoms with Gasteiger partial charge in [-0.3, -0.25) is 9.59 Å². The molecule has 0 saturated carbocycles. The second kappa shape index (κ2) is 10.5. The highest BCUT2D eigenvalue weighted by molar-refractivity contribution is 5.86. The maximum absolute atomic E-state index is 13.0. The lowest BCUT2D eigenvalue weighted by Gasteiger charge is -2.33. The zero-order valence-electron chi connectivity index (χ0n) is 19.5. The van der Waals surface area contributed by atoms with Crippen LogP contribution in [0.2, 0.25) is 0 Å². The van der Waals surface area contributed by atoms with Gasteiger partial charge in [-0.15, -0.1) is 0 Å². The Bertz CT molecular complexity index is 976. The molecule has 1 unspecified atom stereocenters. The van der Waals surface area contributed by atoms with E-state index in [1.165, 1.54) is 4.90 Å². The number of nitrogens with zero attached hydrogens (tertiary/aromatic N) is 1. The second-order valence-electron chi connectivity index (χ2n) is 8.71. The fourth-order valence-corrected chi connectivity index (χ4v) is 4.34. The van der Waals surface area contributed by atoms with Gasteiger partial charge < -0.3 is 20.1 Å². The Hall–Kier alpha value is -3.35. The number of fused-ring (bicyclic) bond motifs is 3. The minimum absolute atomic E-state index is 0.0436. The molecule has 1 aliphatic carbocycles. The summed E-state index contributed by atoms with van der Waals surface area (Å²) in [6.07, 6.45) is 0.512. The van der Waals surface area contributed by atoms with Crippen molar-refractivity contribution >= 4 is 18.0 Å².